The predicted octanol–water partition coefficient (Wildman–Crippen LogP) is 1.81. The van der Waals surface area contributed by atoms with E-state index in [2.05, 4.69) is 23.6 Å². The Morgan fingerprint density at radius 3 is 2.94 bits per heavy atom. The highest BCUT2D eigenvalue weighted by atomic mass is 16.2. The molecular formula is C13H16N2O. The Morgan fingerprint density at radius 1 is 1.12 bits per heavy atom. The van der Waals surface area contributed by atoms with E-state index in [-0.39, 0.29) is 5.91 Å². The molecule has 1 aliphatic heterocycles. The number of hydrogen-bond donors (Lipinski definition) is 1. The Labute approximate surface area is 95.4 Å². The molecule has 1 N–H and O–H groups in total. The number of carbonyl (C=O) groups is 1. The minimum atomic E-state index is 0.141. The molecule has 0 aromatic heterocycles. The SMILES string of the molecule is O=C1CCCN(c2cccc3c2CCC3)N1. The van der Waals surface area contributed by atoms with Crippen molar-refractivity contribution in [3.8, 4) is 0 Å². The van der Waals surface area contributed by atoms with Crippen LogP contribution >= 0.6 is 0 Å². The van der Waals surface area contributed by atoms with Gasteiger partial charge in [0.05, 0.1) is 5.69 Å². The zero-order chi connectivity index (χ0) is 11.0. The second kappa shape index (κ2) is 3.81. The molecule has 0 radical (unpaired) electrons. The van der Waals surface area contributed by atoms with E-state index in [4.69, 9.17) is 0 Å². The van der Waals surface area contributed by atoms with Gasteiger partial charge in [0, 0.05) is 13.0 Å². The van der Waals surface area contributed by atoms with Gasteiger partial charge >= 0.3 is 0 Å². The fourth-order valence-corrected chi connectivity index (χ4v) is 2.69. The molecule has 1 saturated heterocycles. The zero-order valence-corrected chi connectivity index (χ0v) is 9.33. The summed E-state index contributed by atoms with van der Waals surface area (Å²) >= 11 is 0. The summed E-state index contributed by atoms with van der Waals surface area (Å²) in [7, 11) is 0. The van der Waals surface area contributed by atoms with E-state index in [1.54, 1.807) is 0 Å². The zero-order valence-electron chi connectivity index (χ0n) is 9.33. The predicted molar refractivity (Wildman–Crippen MR) is 63.2 cm³/mol. The topological polar surface area (TPSA) is 32.3 Å². The molecule has 1 fully saturated rings. The monoisotopic (exact) mass is 216 g/mol. The van der Waals surface area contributed by atoms with Crippen LogP contribution in [0.1, 0.15) is 30.4 Å². The van der Waals surface area contributed by atoms with Gasteiger partial charge < -0.3 is 0 Å². The summed E-state index contributed by atoms with van der Waals surface area (Å²) in [5, 5.41) is 2.02. The lowest BCUT2D eigenvalue weighted by molar-refractivity contribution is -0.122. The number of rotatable bonds is 1. The van der Waals surface area contributed by atoms with Crippen LogP contribution in [0.15, 0.2) is 18.2 Å². The highest BCUT2D eigenvalue weighted by molar-refractivity contribution is 5.79. The summed E-state index contributed by atoms with van der Waals surface area (Å²) < 4.78 is 0. The Kier molecular flexibility index (Phi) is 2.31. The van der Waals surface area contributed by atoms with Crippen LogP contribution in [-0.4, -0.2) is 12.5 Å². The van der Waals surface area contributed by atoms with Crippen molar-refractivity contribution in [2.24, 2.45) is 0 Å². The van der Waals surface area contributed by atoms with Crippen molar-refractivity contribution in [2.45, 2.75) is 32.1 Å². The Bertz CT molecular complexity index is 428. The normalized spacial score (nSPS) is 19.5. The Hall–Kier alpha value is -1.51. The van der Waals surface area contributed by atoms with E-state index in [9.17, 15) is 4.79 Å². The maximum atomic E-state index is 11.4. The summed E-state index contributed by atoms with van der Waals surface area (Å²) in [4.78, 5) is 11.4. The molecule has 3 heteroatoms. The average molecular weight is 216 g/mol. The first-order chi connectivity index (χ1) is 7.84. The van der Waals surface area contributed by atoms with Gasteiger partial charge in [0.2, 0.25) is 5.91 Å². The van der Waals surface area contributed by atoms with Crippen LogP contribution in [0.2, 0.25) is 0 Å². The van der Waals surface area contributed by atoms with Crippen molar-refractivity contribution >= 4 is 11.6 Å². The third kappa shape index (κ3) is 1.56. The van der Waals surface area contributed by atoms with E-state index >= 15 is 0 Å². The van der Waals surface area contributed by atoms with Crippen LogP contribution in [0.5, 0.6) is 0 Å². The van der Waals surface area contributed by atoms with Gasteiger partial charge in [-0.1, -0.05) is 12.1 Å². The number of nitrogens with one attached hydrogen (secondary N) is 1. The van der Waals surface area contributed by atoms with Crippen molar-refractivity contribution in [1.82, 2.24) is 5.43 Å². The molecule has 1 aromatic carbocycles. The van der Waals surface area contributed by atoms with Crippen molar-refractivity contribution in [3.63, 3.8) is 0 Å². The number of nitrogens with zero attached hydrogens (tertiary/aromatic N) is 1. The third-order valence-electron chi connectivity index (χ3n) is 3.46. The second-order valence-corrected chi connectivity index (χ2v) is 4.56. The lowest BCUT2D eigenvalue weighted by Crippen LogP contribution is -2.47. The molecule has 1 aromatic rings. The standard InChI is InChI=1S/C13H16N2O/c16-13-8-3-9-15(14-13)12-7-2-5-10-4-1-6-11(10)12/h2,5,7H,1,3-4,6,8-9H2,(H,14,16). The Morgan fingerprint density at radius 2 is 2.06 bits per heavy atom. The van der Waals surface area contributed by atoms with Gasteiger partial charge in [-0.2, -0.15) is 0 Å². The van der Waals surface area contributed by atoms with Gasteiger partial charge in [0.15, 0.2) is 0 Å². The first-order valence-electron chi connectivity index (χ1n) is 6.02. The minimum absolute atomic E-state index is 0.141. The quantitative estimate of drug-likeness (QED) is 0.776. The summed E-state index contributed by atoms with van der Waals surface area (Å²) in [5.74, 6) is 0.141. The lowest BCUT2D eigenvalue weighted by atomic mass is 10.1. The molecule has 0 unspecified atom stereocenters. The molecule has 1 heterocycles. The van der Waals surface area contributed by atoms with Crippen molar-refractivity contribution in [1.29, 1.82) is 0 Å². The number of hydrazine groups is 1. The number of aryl methyl sites for hydroxylation is 1. The van der Waals surface area contributed by atoms with Gasteiger partial charge in [-0.3, -0.25) is 15.2 Å². The van der Waals surface area contributed by atoms with Gasteiger partial charge in [-0.25, -0.2) is 0 Å². The van der Waals surface area contributed by atoms with Crippen LogP contribution in [-0.2, 0) is 17.6 Å². The molecule has 0 saturated carbocycles. The molecule has 1 aliphatic carbocycles. The molecule has 3 nitrogen and oxygen atoms in total. The summed E-state index contributed by atoms with van der Waals surface area (Å²) in [6, 6.07) is 6.42. The van der Waals surface area contributed by atoms with Gasteiger partial charge in [-0.15, -0.1) is 0 Å². The fourth-order valence-electron chi connectivity index (χ4n) is 2.69. The van der Waals surface area contributed by atoms with Crippen LogP contribution in [0.3, 0.4) is 0 Å². The molecule has 3 rings (SSSR count). The van der Waals surface area contributed by atoms with Crippen molar-refractivity contribution in [2.75, 3.05) is 11.6 Å². The first-order valence-corrected chi connectivity index (χ1v) is 6.02. The van der Waals surface area contributed by atoms with Crippen LogP contribution in [0, 0.1) is 0 Å². The average Bonchev–Trinajstić information content (AvgIpc) is 2.76. The molecule has 1 amide bonds. The van der Waals surface area contributed by atoms with Gasteiger partial charge in [-0.05, 0) is 42.9 Å². The highest BCUT2D eigenvalue weighted by Crippen LogP contribution is 2.31. The molecule has 0 bridgehead atoms. The van der Waals surface area contributed by atoms with E-state index in [1.165, 1.54) is 29.7 Å². The fraction of sp³-hybridized carbons (Fsp3) is 0.462. The van der Waals surface area contributed by atoms with E-state index in [0.717, 1.165) is 19.4 Å². The first kappa shape index (κ1) is 9.70. The smallest absolute Gasteiger partial charge is 0.238 e. The number of hydrogen-bond acceptors (Lipinski definition) is 2. The molecule has 84 valence electrons. The van der Waals surface area contributed by atoms with Crippen LogP contribution in [0.25, 0.3) is 0 Å². The van der Waals surface area contributed by atoms with E-state index in [0.29, 0.717) is 6.42 Å². The van der Waals surface area contributed by atoms with Gasteiger partial charge in [0.1, 0.15) is 0 Å². The maximum Gasteiger partial charge on any atom is 0.238 e. The highest BCUT2D eigenvalue weighted by Gasteiger charge is 2.21. The number of benzene rings is 1. The second-order valence-electron chi connectivity index (χ2n) is 4.56. The van der Waals surface area contributed by atoms with E-state index < -0.39 is 0 Å². The van der Waals surface area contributed by atoms with Crippen molar-refractivity contribution < 1.29 is 4.79 Å². The minimum Gasteiger partial charge on any atom is -0.285 e. The lowest BCUT2D eigenvalue weighted by Gasteiger charge is -2.30. The van der Waals surface area contributed by atoms with Crippen LogP contribution < -0.4 is 10.4 Å². The summed E-state index contributed by atoms with van der Waals surface area (Å²) in [5.41, 5.74) is 7.06. The molecule has 0 spiro atoms. The van der Waals surface area contributed by atoms with Gasteiger partial charge in [0.25, 0.3) is 0 Å². The summed E-state index contributed by atoms with van der Waals surface area (Å²) in [6.07, 6.45) is 5.19. The number of anilines is 1. The van der Waals surface area contributed by atoms with Crippen molar-refractivity contribution in [3.05, 3.63) is 29.3 Å². The Balaban J connectivity index is 1.94. The molecule has 16 heavy (non-hydrogen) atoms. The number of carbonyl (C=O) groups excluding carboxylic acids is 1. The largest absolute Gasteiger partial charge is 0.285 e. The number of amides is 1. The number of fused-ring (bicyclic) bond motifs is 1. The molecular weight excluding hydrogens is 200 g/mol. The third-order valence-corrected chi connectivity index (χ3v) is 3.46. The summed E-state index contributed by atoms with van der Waals surface area (Å²) in [6.45, 7) is 0.933. The molecule has 0 atom stereocenters. The molecule has 2 aliphatic rings. The van der Waals surface area contributed by atoms with Crippen LogP contribution in [0.4, 0.5) is 5.69 Å². The maximum absolute atomic E-state index is 11.4. The van der Waals surface area contributed by atoms with E-state index in [1.807, 2.05) is 5.01 Å².